The van der Waals surface area contributed by atoms with Crippen LogP contribution in [0, 0.1) is 5.92 Å². The van der Waals surface area contributed by atoms with Crippen LogP contribution in [-0.4, -0.2) is 67.2 Å². The molecule has 2 heterocycles. The molecule has 0 aliphatic carbocycles. The molecule has 2 N–H and O–H groups in total. The number of carbonyl (C=O) groups excluding carboxylic acids is 1. The van der Waals surface area contributed by atoms with Gasteiger partial charge in [0, 0.05) is 25.7 Å². The number of hydrogen-bond donors (Lipinski definition) is 1. The Morgan fingerprint density at radius 3 is 2.63 bits per heavy atom. The summed E-state index contributed by atoms with van der Waals surface area (Å²) >= 11 is 0. The molecule has 2 aliphatic rings. The van der Waals surface area contributed by atoms with Crippen LogP contribution in [0.1, 0.15) is 26.7 Å². The lowest BCUT2D eigenvalue weighted by molar-refractivity contribution is -0.149. The molecule has 110 valence electrons. The first kappa shape index (κ1) is 14.8. The zero-order valence-corrected chi connectivity index (χ0v) is 12.2. The van der Waals surface area contributed by atoms with Gasteiger partial charge >= 0.3 is 0 Å². The molecule has 5 nitrogen and oxygen atoms in total. The van der Waals surface area contributed by atoms with Crippen LogP contribution >= 0.6 is 0 Å². The third-order valence-electron chi connectivity index (χ3n) is 4.34. The van der Waals surface area contributed by atoms with Crippen LogP contribution in [0.4, 0.5) is 0 Å². The number of rotatable bonds is 4. The van der Waals surface area contributed by atoms with Crippen molar-refractivity contribution in [1.29, 1.82) is 0 Å². The molecule has 1 atom stereocenters. The van der Waals surface area contributed by atoms with Crippen molar-refractivity contribution in [2.75, 3.05) is 39.3 Å². The SMILES string of the molecule is CC(C)N1CCC(CN2CC(CN)OCC2=O)CC1. The summed E-state index contributed by atoms with van der Waals surface area (Å²) in [5, 5.41) is 0. The van der Waals surface area contributed by atoms with E-state index >= 15 is 0 Å². The molecule has 2 saturated heterocycles. The number of amides is 1. The van der Waals surface area contributed by atoms with Crippen molar-refractivity contribution in [3.8, 4) is 0 Å². The highest BCUT2D eigenvalue weighted by Gasteiger charge is 2.29. The van der Waals surface area contributed by atoms with E-state index in [4.69, 9.17) is 10.5 Å². The summed E-state index contributed by atoms with van der Waals surface area (Å²) in [4.78, 5) is 16.3. The number of hydrogen-bond acceptors (Lipinski definition) is 4. The average Bonchev–Trinajstić information content (AvgIpc) is 2.42. The summed E-state index contributed by atoms with van der Waals surface area (Å²) in [5.41, 5.74) is 5.63. The number of piperidine rings is 1. The first-order valence-electron chi connectivity index (χ1n) is 7.43. The van der Waals surface area contributed by atoms with Crippen LogP contribution in [0.3, 0.4) is 0 Å². The summed E-state index contributed by atoms with van der Waals surface area (Å²) in [6.07, 6.45) is 2.40. The van der Waals surface area contributed by atoms with Crippen molar-refractivity contribution in [3.05, 3.63) is 0 Å². The molecule has 0 aromatic carbocycles. The summed E-state index contributed by atoms with van der Waals surface area (Å²) in [6, 6.07) is 0.632. The smallest absolute Gasteiger partial charge is 0.248 e. The molecule has 0 radical (unpaired) electrons. The van der Waals surface area contributed by atoms with Gasteiger partial charge < -0.3 is 20.3 Å². The van der Waals surface area contributed by atoms with Gasteiger partial charge in [-0.3, -0.25) is 4.79 Å². The van der Waals surface area contributed by atoms with Gasteiger partial charge in [-0.1, -0.05) is 0 Å². The summed E-state index contributed by atoms with van der Waals surface area (Å²) in [7, 11) is 0. The lowest BCUT2D eigenvalue weighted by atomic mass is 9.95. The van der Waals surface area contributed by atoms with Crippen LogP contribution in [0.5, 0.6) is 0 Å². The van der Waals surface area contributed by atoms with Gasteiger partial charge in [0.1, 0.15) is 6.61 Å². The van der Waals surface area contributed by atoms with E-state index in [-0.39, 0.29) is 18.6 Å². The van der Waals surface area contributed by atoms with E-state index in [0.29, 0.717) is 25.0 Å². The Balaban J connectivity index is 1.79. The Kier molecular flexibility index (Phi) is 5.19. The lowest BCUT2D eigenvalue weighted by Crippen LogP contribution is -2.51. The quantitative estimate of drug-likeness (QED) is 0.797. The van der Waals surface area contributed by atoms with E-state index < -0.39 is 0 Å². The maximum absolute atomic E-state index is 11.9. The fraction of sp³-hybridized carbons (Fsp3) is 0.929. The van der Waals surface area contributed by atoms with Crippen LogP contribution in [0.15, 0.2) is 0 Å². The first-order chi connectivity index (χ1) is 9.10. The van der Waals surface area contributed by atoms with Gasteiger partial charge in [-0.15, -0.1) is 0 Å². The molecule has 0 aromatic heterocycles. The van der Waals surface area contributed by atoms with Crippen molar-refractivity contribution in [3.63, 3.8) is 0 Å². The molecule has 0 aromatic rings. The topological polar surface area (TPSA) is 58.8 Å². The van der Waals surface area contributed by atoms with E-state index in [1.54, 1.807) is 0 Å². The Morgan fingerprint density at radius 2 is 2.05 bits per heavy atom. The first-order valence-corrected chi connectivity index (χ1v) is 7.43. The van der Waals surface area contributed by atoms with Crippen LogP contribution in [0.2, 0.25) is 0 Å². The van der Waals surface area contributed by atoms with Crippen LogP contribution in [-0.2, 0) is 9.53 Å². The van der Waals surface area contributed by atoms with Gasteiger partial charge in [0.05, 0.1) is 6.10 Å². The Labute approximate surface area is 116 Å². The maximum Gasteiger partial charge on any atom is 0.248 e. The van der Waals surface area contributed by atoms with Crippen LogP contribution in [0.25, 0.3) is 0 Å². The molecule has 0 bridgehead atoms. The summed E-state index contributed by atoms with van der Waals surface area (Å²) < 4.78 is 5.38. The third kappa shape index (κ3) is 3.91. The number of carbonyl (C=O) groups is 1. The summed E-state index contributed by atoms with van der Waals surface area (Å²) in [6.45, 7) is 9.05. The molecule has 0 spiro atoms. The highest BCUT2D eigenvalue weighted by molar-refractivity contribution is 5.78. The molecule has 2 rings (SSSR count). The van der Waals surface area contributed by atoms with Crippen molar-refractivity contribution in [2.24, 2.45) is 11.7 Å². The normalized spacial score (nSPS) is 27.3. The van der Waals surface area contributed by atoms with Crippen LogP contribution < -0.4 is 5.73 Å². The zero-order valence-electron chi connectivity index (χ0n) is 12.2. The number of nitrogens with zero attached hydrogens (tertiary/aromatic N) is 2. The molecule has 1 unspecified atom stereocenters. The number of ether oxygens (including phenoxy) is 1. The largest absolute Gasteiger partial charge is 0.365 e. The molecule has 1 amide bonds. The van der Waals surface area contributed by atoms with Gasteiger partial charge in [-0.2, -0.15) is 0 Å². The summed E-state index contributed by atoms with van der Waals surface area (Å²) in [5.74, 6) is 0.756. The Morgan fingerprint density at radius 1 is 1.37 bits per heavy atom. The van der Waals surface area contributed by atoms with E-state index in [1.165, 1.54) is 12.8 Å². The highest BCUT2D eigenvalue weighted by atomic mass is 16.5. The van der Waals surface area contributed by atoms with E-state index in [2.05, 4.69) is 18.7 Å². The van der Waals surface area contributed by atoms with Crippen molar-refractivity contribution >= 4 is 5.91 Å². The number of morpholine rings is 1. The van der Waals surface area contributed by atoms with Crippen molar-refractivity contribution < 1.29 is 9.53 Å². The molecule has 0 saturated carbocycles. The second-order valence-electron chi connectivity index (χ2n) is 6.04. The molecule has 2 aliphatic heterocycles. The predicted molar refractivity (Wildman–Crippen MR) is 74.8 cm³/mol. The van der Waals surface area contributed by atoms with E-state index in [1.807, 2.05) is 4.90 Å². The average molecular weight is 269 g/mol. The Hall–Kier alpha value is -0.650. The van der Waals surface area contributed by atoms with Gasteiger partial charge in [0.15, 0.2) is 0 Å². The number of nitrogens with two attached hydrogens (primary N) is 1. The zero-order chi connectivity index (χ0) is 13.8. The lowest BCUT2D eigenvalue weighted by Gasteiger charge is -2.39. The highest BCUT2D eigenvalue weighted by Crippen LogP contribution is 2.21. The minimum atomic E-state index is 0.0217. The second kappa shape index (κ2) is 6.68. The predicted octanol–water partition coefficient (Wildman–Crippen LogP) is 0.293. The van der Waals surface area contributed by atoms with Crippen molar-refractivity contribution in [2.45, 2.75) is 38.8 Å². The molecular weight excluding hydrogens is 242 g/mol. The van der Waals surface area contributed by atoms with Gasteiger partial charge in [-0.05, 0) is 45.7 Å². The standard InChI is InChI=1S/C14H27N3O2/c1-11(2)16-5-3-12(4-6-16)8-17-9-13(7-15)19-10-14(17)18/h11-13H,3-10,15H2,1-2H3. The minimum absolute atomic E-state index is 0.0217. The fourth-order valence-electron chi connectivity index (χ4n) is 2.96. The van der Waals surface area contributed by atoms with E-state index in [0.717, 1.165) is 19.6 Å². The maximum atomic E-state index is 11.9. The van der Waals surface area contributed by atoms with Gasteiger partial charge in [0.25, 0.3) is 0 Å². The van der Waals surface area contributed by atoms with Gasteiger partial charge in [0.2, 0.25) is 5.91 Å². The minimum Gasteiger partial charge on any atom is -0.365 e. The molecule has 5 heteroatoms. The number of likely N-dealkylation sites (tertiary alicyclic amines) is 1. The monoisotopic (exact) mass is 269 g/mol. The fourth-order valence-corrected chi connectivity index (χ4v) is 2.96. The molecule has 2 fully saturated rings. The third-order valence-corrected chi connectivity index (χ3v) is 4.34. The Bertz CT molecular complexity index is 301. The molecular formula is C14H27N3O2. The van der Waals surface area contributed by atoms with Crippen molar-refractivity contribution in [1.82, 2.24) is 9.80 Å². The van der Waals surface area contributed by atoms with E-state index in [9.17, 15) is 4.79 Å². The second-order valence-corrected chi connectivity index (χ2v) is 6.04. The molecule has 19 heavy (non-hydrogen) atoms. The van der Waals surface area contributed by atoms with Gasteiger partial charge in [-0.25, -0.2) is 0 Å².